The van der Waals surface area contributed by atoms with Crippen molar-refractivity contribution in [3.05, 3.63) is 28.5 Å². The van der Waals surface area contributed by atoms with E-state index in [2.05, 4.69) is 25.8 Å². The highest BCUT2D eigenvalue weighted by atomic mass is 16.3. The number of fused-ring (bicyclic) bond motifs is 1. The second-order valence-electron chi connectivity index (χ2n) is 5.63. The molecule has 92 valence electrons. The summed E-state index contributed by atoms with van der Waals surface area (Å²) in [5, 5.41) is 0.605. The van der Waals surface area contributed by atoms with Gasteiger partial charge in [0, 0.05) is 11.6 Å². The van der Waals surface area contributed by atoms with Crippen LogP contribution in [0.1, 0.15) is 46.2 Å². The Balaban J connectivity index is 2.83. The van der Waals surface area contributed by atoms with Crippen LogP contribution in [-0.2, 0) is 5.41 Å². The van der Waals surface area contributed by atoms with Crippen LogP contribution in [0.25, 0.3) is 11.1 Å². The van der Waals surface area contributed by atoms with E-state index in [1.165, 1.54) is 0 Å². The Hall–Kier alpha value is -1.58. The van der Waals surface area contributed by atoms with Crippen molar-refractivity contribution >= 4 is 11.1 Å². The van der Waals surface area contributed by atoms with Gasteiger partial charge in [0.25, 0.3) is 5.56 Å². The quantitative estimate of drug-likeness (QED) is 0.762. The van der Waals surface area contributed by atoms with Crippen LogP contribution in [0, 0.1) is 0 Å². The van der Waals surface area contributed by atoms with Crippen LogP contribution < -0.4 is 5.56 Å². The van der Waals surface area contributed by atoms with Gasteiger partial charge in [0.05, 0.1) is 6.26 Å². The predicted octanol–water partition coefficient (Wildman–Crippen LogP) is 2.87. The van der Waals surface area contributed by atoms with Crippen LogP contribution in [0.4, 0.5) is 0 Å². The molecular weight excluding hydrogens is 216 g/mol. The average Bonchev–Trinajstić information content (AvgIpc) is 2.61. The van der Waals surface area contributed by atoms with Gasteiger partial charge in [0.2, 0.25) is 5.71 Å². The maximum absolute atomic E-state index is 12.4. The monoisotopic (exact) mass is 234 g/mol. The zero-order valence-corrected chi connectivity index (χ0v) is 10.9. The van der Waals surface area contributed by atoms with Crippen molar-refractivity contribution in [2.45, 2.75) is 46.1 Å². The minimum atomic E-state index is -0.123. The van der Waals surface area contributed by atoms with Gasteiger partial charge in [0.1, 0.15) is 11.7 Å². The molecule has 0 radical (unpaired) electrons. The molecular formula is C13H18N2O2. The highest BCUT2D eigenvalue weighted by molar-refractivity contribution is 5.77. The standard InChI is InChI=1S/C13H18N2O2/c1-8(2)15-7-14-11-10(12(15)16)9(6-17-11)13(3,4)5/h6-8H,1-5H3. The van der Waals surface area contributed by atoms with Crippen molar-refractivity contribution in [3.63, 3.8) is 0 Å². The Morgan fingerprint density at radius 2 is 2.00 bits per heavy atom. The number of hydrogen-bond acceptors (Lipinski definition) is 3. The Morgan fingerprint density at radius 3 is 2.53 bits per heavy atom. The highest BCUT2D eigenvalue weighted by Crippen LogP contribution is 2.28. The fourth-order valence-electron chi connectivity index (χ4n) is 1.87. The molecule has 17 heavy (non-hydrogen) atoms. The van der Waals surface area contributed by atoms with E-state index in [-0.39, 0.29) is 17.0 Å². The maximum atomic E-state index is 12.4. The zero-order chi connectivity index (χ0) is 12.8. The second kappa shape index (κ2) is 3.72. The van der Waals surface area contributed by atoms with Crippen molar-refractivity contribution in [1.82, 2.24) is 9.55 Å². The van der Waals surface area contributed by atoms with E-state index >= 15 is 0 Å². The van der Waals surface area contributed by atoms with Gasteiger partial charge in [-0.15, -0.1) is 0 Å². The fraction of sp³-hybridized carbons (Fsp3) is 0.538. The van der Waals surface area contributed by atoms with Crippen molar-refractivity contribution < 1.29 is 4.42 Å². The molecule has 0 aliphatic carbocycles. The van der Waals surface area contributed by atoms with Crippen LogP contribution in [0.2, 0.25) is 0 Å². The summed E-state index contributed by atoms with van der Waals surface area (Å²) in [7, 11) is 0. The molecule has 0 unspecified atom stereocenters. The molecule has 0 aromatic carbocycles. The summed E-state index contributed by atoms with van der Waals surface area (Å²) < 4.78 is 7.00. The van der Waals surface area contributed by atoms with E-state index in [4.69, 9.17) is 4.42 Å². The lowest BCUT2D eigenvalue weighted by atomic mass is 9.87. The summed E-state index contributed by atoms with van der Waals surface area (Å²) in [5.41, 5.74) is 1.20. The second-order valence-corrected chi connectivity index (χ2v) is 5.63. The van der Waals surface area contributed by atoms with Crippen LogP contribution in [0.5, 0.6) is 0 Å². The summed E-state index contributed by atoms with van der Waals surface area (Å²) in [6.45, 7) is 10.1. The average molecular weight is 234 g/mol. The first kappa shape index (κ1) is 11.9. The smallest absolute Gasteiger partial charge is 0.265 e. The maximum Gasteiger partial charge on any atom is 0.265 e. The minimum absolute atomic E-state index is 0.0244. The SMILES string of the molecule is CC(C)n1cnc2occ(C(C)(C)C)c2c1=O. The first-order valence-corrected chi connectivity index (χ1v) is 5.81. The Bertz CT molecular complexity index is 600. The van der Waals surface area contributed by atoms with Gasteiger partial charge in [-0.25, -0.2) is 4.98 Å². The van der Waals surface area contributed by atoms with Crippen LogP contribution >= 0.6 is 0 Å². The van der Waals surface area contributed by atoms with Crippen molar-refractivity contribution in [1.29, 1.82) is 0 Å². The molecule has 2 aromatic rings. The van der Waals surface area contributed by atoms with Gasteiger partial charge in [-0.1, -0.05) is 20.8 Å². The molecule has 0 saturated carbocycles. The van der Waals surface area contributed by atoms with Gasteiger partial charge < -0.3 is 4.42 Å². The Kier molecular flexibility index (Phi) is 2.60. The molecule has 2 heterocycles. The molecule has 2 aromatic heterocycles. The molecule has 0 bridgehead atoms. The minimum Gasteiger partial charge on any atom is -0.446 e. The fourth-order valence-corrected chi connectivity index (χ4v) is 1.87. The third-order valence-corrected chi connectivity index (χ3v) is 2.88. The summed E-state index contributed by atoms with van der Waals surface area (Å²) in [5.74, 6) is 0. The van der Waals surface area contributed by atoms with Gasteiger partial charge in [-0.05, 0) is 19.3 Å². The van der Waals surface area contributed by atoms with Gasteiger partial charge in [0.15, 0.2) is 0 Å². The molecule has 0 atom stereocenters. The Morgan fingerprint density at radius 1 is 1.35 bits per heavy atom. The van der Waals surface area contributed by atoms with Crippen molar-refractivity contribution in [2.75, 3.05) is 0 Å². The van der Waals surface area contributed by atoms with E-state index in [0.29, 0.717) is 11.1 Å². The van der Waals surface area contributed by atoms with E-state index < -0.39 is 0 Å². The molecule has 0 spiro atoms. The number of aromatic nitrogens is 2. The molecule has 0 amide bonds. The van der Waals surface area contributed by atoms with Crippen molar-refractivity contribution in [3.8, 4) is 0 Å². The summed E-state index contributed by atoms with van der Waals surface area (Å²) in [6, 6.07) is 0.0992. The largest absolute Gasteiger partial charge is 0.446 e. The molecule has 0 N–H and O–H groups in total. The molecule has 0 aliphatic rings. The van der Waals surface area contributed by atoms with Crippen molar-refractivity contribution in [2.24, 2.45) is 0 Å². The molecule has 0 aliphatic heterocycles. The third-order valence-electron chi connectivity index (χ3n) is 2.88. The van der Waals surface area contributed by atoms with Crippen LogP contribution in [0.3, 0.4) is 0 Å². The van der Waals surface area contributed by atoms with Crippen LogP contribution in [-0.4, -0.2) is 9.55 Å². The highest BCUT2D eigenvalue weighted by Gasteiger charge is 2.23. The van der Waals surface area contributed by atoms with E-state index in [1.807, 2.05) is 13.8 Å². The first-order chi connectivity index (χ1) is 7.82. The first-order valence-electron chi connectivity index (χ1n) is 5.81. The zero-order valence-electron chi connectivity index (χ0n) is 10.9. The lowest BCUT2D eigenvalue weighted by Gasteiger charge is -2.16. The Labute approximate surface area is 100 Å². The molecule has 4 nitrogen and oxygen atoms in total. The predicted molar refractivity (Wildman–Crippen MR) is 67.4 cm³/mol. The molecule has 0 saturated heterocycles. The number of rotatable bonds is 1. The van der Waals surface area contributed by atoms with E-state index in [9.17, 15) is 4.79 Å². The lowest BCUT2D eigenvalue weighted by Crippen LogP contribution is -2.24. The molecule has 0 fully saturated rings. The number of hydrogen-bond donors (Lipinski definition) is 0. The van der Waals surface area contributed by atoms with E-state index in [0.717, 1.165) is 5.56 Å². The molecule has 2 rings (SSSR count). The topological polar surface area (TPSA) is 48.0 Å². The normalized spacial score (nSPS) is 12.6. The lowest BCUT2D eigenvalue weighted by molar-refractivity contribution is 0.550. The van der Waals surface area contributed by atoms with Gasteiger partial charge in [-0.3, -0.25) is 9.36 Å². The number of furan rings is 1. The van der Waals surface area contributed by atoms with E-state index in [1.54, 1.807) is 17.2 Å². The van der Waals surface area contributed by atoms with Gasteiger partial charge in [-0.2, -0.15) is 0 Å². The summed E-state index contributed by atoms with van der Waals surface area (Å²) in [4.78, 5) is 16.6. The van der Waals surface area contributed by atoms with Gasteiger partial charge >= 0.3 is 0 Å². The summed E-state index contributed by atoms with van der Waals surface area (Å²) in [6.07, 6.45) is 3.19. The third kappa shape index (κ3) is 1.88. The summed E-state index contributed by atoms with van der Waals surface area (Å²) >= 11 is 0. The number of nitrogens with zero attached hydrogens (tertiary/aromatic N) is 2. The van der Waals surface area contributed by atoms with Crippen LogP contribution in [0.15, 0.2) is 21.8 Å². The molecule has 4 heteroatoms.